The number of fused-ring (bicyclic) bond motifs is 1. The minimum atomic E-state index is 0.276. The molecular formula is C13H18N4O2S2. The summed E-state index contributed by atoms with van der Waals surface area (Å²) in [5.74, 6) is 1.53. The van der Waals surface area contributed by atoms with E-state index in [0.29, 0.717) is 16.8 Å². The number of hydrazine groups is 1. The van der Waals surface area contributed by atoms with Crippen molar-refractivity contribution < 1.29 is 9.47 Å². The molecule has 21 heavy (non-hydrogen) atoms. The summed E-state index contributed by atoms with van der Waals surface area (Å²) < 4.78 is 10.6. The van der Waals surface area contributed by atoms with Crippen LogP contribution in [-0.4, -0.2) is 23.6 Å². The standard InChI is InChI=1S/C13H18N4O2S2/c1-2-5-14-12(20)16-17-13(21)15-7-9-3-4-10-11(6-9)19-8-18-10/h3-4,6H,2,5,7-8H2,1H3,(H2,14,16,20)(H2,15,17,21). The quantitative estimate of drug-likeness (QED) is 0.486. The Balaban J connectivity index is 1.70. The van der Waals surface area contributed by atoms with E-state index in [1.165, 1.54) is 0 Å². The average molecular weight is 326 g/mol. The summed E-state index contributed by atoms with van der Waals surface area (Å²) in [6, 6.07) is 5.78. The van der Waals surface area contributed by atoms with Crippen LogP contribution >= 0.6 is 24.4 Å². The smallest absolute Gasteiger partial charge is 0.231 e. The highest BCUT2D eigenvalue weighted by Crippen LogP contribution is 2.32. The SMILES string of the molecule is CCCNC(=S)NNC(=S)NCc1ccc2c(c1)OCO2. The summed E-state index contributed by atoms with van der Waals surface area (Å²) >= 11 is 10.2. The Hall–Kier alpha value is -1.80. The Morgan fingerprint density at radius 1 is 1.10 bits per heavy atom. The van der Waals surface area contributed by atoms with Crippen LogP contribution in [0.1, 0.15) is 18.9 Å². The lowest BCUT2D eigenvalue weighted by Crippen LogP contribution is -2.50. The fourth-order valence-electron chi connectivity index (χ4n) is 1.67. The van der Waals surface area contributed by atoms with Crippen LogP contribution in [0.25, 0.3) is 0 Å². The van der Waals surface area contributed by atoms with Crippen molar-refractivity contribution in [2.24, 2.45) is 0 Å². The molecule has 2 rings (SSSR count). The van der Waals surface area contributed by atoms with Crippen molar-refractivity contribution in [1.82, 2.24) is 21.5 Å². The van der Waals surface area contributed by atoms with Gasteiger partial charge in [-0.05, 0) is 48.6 Å². The number of hydrogen-bond acceptors (Lipinski definition) is 4. The zero-order valence-corrected chi connectivity index (χ0v) is 13.3. The predicted octanol–water partition coefficient (Wildman–Crippen LogP) is 1.17. The van der Waals surface area contributed by atoms with E-state index in [4.69, 9.17) is 33.9 Å². The summed E-state index contributed by atoms with van der Waals surface area (Å²) in [6.45, 7) is 3.75. The van der Waals surface area contributed by atoms with E-state index in [9.17, 15) is 0 Å². The fraction of sp³-hybridized carbons (Fsp3) is 0.385. The van der Waals surface area contributed by atoms with E-state index < -0.39 is 0 Å². The Labute approximate surface area is 134 Å². The zero-order valence-electron chi connectivity index (χ0n) is 11.7. The lowest BCUT2D eigenvalue weighted by Gasteiger charge is -2.14. The molecule has 0 radical (unpaired) electrons. The van der Waals surface area contributed by atoms with Gasteiger partial charge in [-0.2, -0.15) is 0 Å². The first kappa shape index (κ1) is 15.6. The molecule has 0 bridgehead atoms. The number of hydrogen-bond donors (Lipinski definition) is 4. The van der Waals surface area contributed by atoms with Crippen molar-refractivity contribution in [2.45, 2.75) is 19.9 Å². The van der Waals surface area contributed by atoms with Crippen molar-refractivity contribution in [3.8, 4) is 11.5 Å². The van der Waals surface area contributed by atoms with E-state index in [2.05, 4.69) is 28.4 Å². The molecule has 1 heterocycles. The van der Waals surface area contributed by atoms with Crippen molar-refractivity contribution in [3.63, 3.8) is 0 Å². The summed E-state index contributed by atoms with van der Waals surface area (Å²) in [4.78, 5) is 0. The first-order valence-corrected chi connectivity index (χ1v) is 7.47. The third kappa shape index (κ3) is 4.91. The number of rotatable bonds is 4. The molecule has 0 aliphatic carbocycles. The molecule has 0 saturated carbocycles. The molecule has 0 amide bonds. The number of benzene rings is 1. The van der Waals surface area contributed by atoms with Gasteiger partial charge in [-0.1, -0.05) is 13.0 Å². The first-order chi connectivity index (χ1) is 10.2. The third-order valence-corrected chi connectivity index (χ3v) is 3.21. The van der Waals surface area contributed by atoms with Crippen molar-refractivity contribution in [1.29, 1.82) is 0 Å². The van der Waals surface area contributed by atoms with Crippen LogP contribution in [0.3, 0.4) is 0 Å². The maximum absolute atomic E-state index is 5.33. The van der Waals surface area contributed by atoms with Gasteiger partial charge in [-0.15, -0.1) is 0 Å². The molecule has 0 saturated heterocycles. The summed E-state index contributed by atoms with van der Waals surface area (Å²) in [5, 5.41) is 7.09. The van der Waals surface area contributed by atoms with Crippen LogP contribution in [0, 0.1) is 0 Å². The molecule has 8 heteroatoms. The molecule has 1 aliphatic rings. The molecule has 1 aromatic carbocycles. The van der Waals surface area contributed by atoms with Crippen LogP contribution in [0.4, 0.5) is 0 Å². The summed E-state index contributed by atoms with van der Waals surface area (Å²) in [6.07, 6.45) is 1.01. The van der Waals surface area contributed by atoms with Crippen LogP contribution < -0.4 is 31.0 Å². The van der Waals surface area contributed by atoms with Gasteiger partial charge in [-0.25, -0.2) is 0 Å². The molecule has 1 aliphatic heterocycles. The molecule has 4 N–H and O–H groups in total. The molecule has 0 fully saturated rings. The molecular weight excluding hydrogens is 308 g/mol. The summed E-state index contributed by atoms with van der Waals surface area (Å²) in [7, 11) is 0. The maximum atomic E-state index is 5.33. The van der Waals surface area contributed by atoms with Crippen LogP contribution in [0.5, 0.6) is 11.5 Å². The second kappa shape index (κ2) is 7.84. The highest BCUT2D eigenvalue weighted by atomic mass is 32.1. The van der Waals surface area contributed by atoms with Gasteiger partial charge in [-0.3, -0.25) is 10.9 Å². The Morgan fingerprint density at radius 2 is 1.81 bits per heavy atom. The van der Waals surface area contributed by atoms with Gasteiger partial charge in [0.1, 0.15) is 0 Å². The molecule has 0 unspecified atom stereocenters. The molecule has 0 atom stereocenters. The third-order valence-electron chi connectivity index (χ3n) is 2.72. The second-order valence-electron chi connectivity index (χ2n) is 4.38. The Morgan fingerprint density at radius 3 is 2.57 bits per heavy atom. The lowest BCUT2D eigenvalue weighted by molar-refractivity contribution is 0.174. The van der Waals surface area contributed by atoms with Gasteiger partial charge in [0, 0.05) is 13.1 Å². The summed E-state index contributed by atoms with van der Waals surface area (Å²) in [5.41, 5.74) is 6.69. The number of nitrogens with one attached hydrogen (secondary N) is 4. The molecule has 114 valence electrons. The zero-order chi connectivity index (χ0) is 15.1. The number of thiocarbonyl (C=S) groups is 2. The molecule has 6 nitrogen and oxygen atoms in total. The maximum Gasteiger partial charge on any atom is 0.231 e. The first-order valence-electron chi connectivity index (χ1n) is 6.65. The average Bonchev–Trinajstić information content (AvgIpc) is 2.96. The topological polar surface area (TPSA) is 66.6 Å². The van der Waals surface area contributed by atoms with Crippen LogP contribution in [-0.2, 0) is 6.54 Å². The van der Waals surface area contributed by atoms with E-state index in [0.717, 1.165) is 30.0 Å². The van der Waals surface area contributed by atoms with Crippen molar-refractivity contribution >= 4 is 34.7 Å². The van der Waals surface area contributed by atoms with Gasteiger partial charge >= 0.3 is 0 Å². The predicted molar refractivity (Wildman–Crippen MR) is 89.2 cm³/mol. The van der Waals surface area contributed by atoms with Gasteiger partial charge in [0.15, 0.2) is 21.7 Å². The van der Waals surface area contributed by atoms with E-state index in [-0.39, 0.29) is 6.79 Å². The molecule has 1 aromatic rings. The normalized spacial score (nSPS) is 11.7. The van der Waals surface area contributed by atoms with Crippen molar-refractivity contribution in [2.75, 3.05) is 13.3 Å². The van der Waals surface area contributed by atoms with Gasteiger partial charge in [0.2, 0.25) is 6.79 Å². The molecule has 0 aromatic heterocycles. The highest BCUT2D eigenvalue weighted by Gasteiger charge is 2.12. The monoisotopic (exact) mass is 326 g/mol. The minimum absolute atomic E-state index is 0.276. The Kier molecular flexibility index (Phi) is 5.82. The Bertz CT molecular complexity index is 525. The minimum Gasteiger partial charge on any atom is -0.454 e. The van der Waals surface area contributed by atoms with Gasteiger partial charge in [0.05, 0.1) is 0 Å². The van der Waals surface area contributed by atoms with E-state index in [1.807, 2.05) is 18.2 Å². The largest absolute Gasteiger partial charge is 0.454 e. The van der Waals surface area contributed by atoms with E-state index in [1.54, 1.807) is 0 Å². The second-order valence-corrected chi connectivity index (χ2v) is 5.19. The van der Waals surface area contributed by atoms with Gasteiger partial charge in [0.25, 0.3) is 0 Å². The van der Waals surface area contributed by atoms with Crippen LogP contribution in [0.15, 0.2) is 18.2 Å². The highest BCUT2D eigenvalue weighted by molar-refractivity contribution is 7.80. The van der Waals surface area contributed by atoms with E-state index >= 15 is 0 Å². The number of ether oxygens (including phenoxy) is 2. The van der Waals surface area contributed by atoms with Crippen molar-refractivity contribution in [3.05, 3.63) is 23.8 Å². The molecule has 0 spiro atoms. The fourth-order valence-corrected chi connectivity index (χ4v) is 1.95. The lowest BCUT2D eigenvalue weighted by atomic mass is 10.2. The van der Waals surface area contributed by atoms with Crippen LogP contribution in [0.2, 0.25) is 0 Å². The van der Waals surface area contributed by atoms with Gasteiger partial charge < -0.3 is 20.1 Å².